The molecule has 0 amide bonds. The van der Waals surface area contributed by atoms with E-state index in [4.69, 9.17) is 23.2 Å². The fourth-order valence-electron chi connectivity index (χ4n) is 1.63. The van der Waals surface area contributed by atoms with Crippen molar-refractivity contribution in [1.82, 2.24) is 14.9 Å². The van der Waals surface area contributed by atoms with Gasteiger partial charge in [0.15, 0.2) is 0 Å². The Morgan fingerprint density at radius 3 is 2.67 bits per heavy atom. The molecule has 112 valence electrons. The van der Waals surface area contributed by atoms with Crippen molar-refractivity contribution < 1.29 is 0 Å². The lowest BCUT2D eigenvalue weighted by molar-refractivity contribution is 0.425. The number of nitrogens with zero attached hydrogens (tertiary/aromatic N) is 3. The number of benzene rings is 1. The second kappa shape index (κ2) is 7.45. The molecule has 5 nitrogen and oxygen atoms in total. The number of rotatable bonds is 6. The summed E-state index contributed by atoms with van der Waals surface area (Å²) in [7, 11) is 4.04. The third kappa shape index (κ3) is 5.04. The van der Waals surface area contributed by atoms with Crippen LogP contribution in [-0.4, -0.2) is 42.1 Å². The molecule has 0 bridgehead atoms. The Morgan fingerprint density at radius 1 is 1.14 bits per heavy atom. The van der Waals surface area contributed by atoms with Gasteiger partial charge in [-0.2, -0.15) is 4.98 Å². The Labute approximate surface area is 134 Å². The third-order valence-electron chi connectivity index (χ3n) is 2.69. The number of anilines is 3. The van der Waals surface area contributed by atoms with Crippen LogP contribution in [0.5, 0.6) is 0 Å². The third-order valence-corrected chi connectivity index (χ3v) is 3.43. The molecule has 7 heteroatoms. The Morgan fingerprint density at radius 2 is 1.95 bits per heavy atom. The molecule has 0 saturated carbocycles. The van der Waals surface area contributed by atoms with Gasteiger partial charge in [-0.15, -0.1) is 0 Å². The Balaban J connectivity index is 2.01. The van der Waals surface area contributed by atoms with E-state index in [-0.39, 0.29) is 0 Å². The molecule has 2 N–H and O–H groups in total. The van der Waals surface area contributed by atoms with Crippen molar-refractivity contribution in [3.05, 3.63) is 40.5 Å². The normalized spacial score (nSPS) is 10.7. The van der Waals surface area contributed by atoms with Crippen molar-refractivity contribution in [3.63, 3.8) is 0 Å². The smallest absolute Gasteiger partial charge is 0.224 e. The monoisotopic (exact) mass is 325 g/mol. The minimum atomic E-state index is 0.500. The largest absolute Gasteiger partial charge is 0.353 e. The zero-order valence-corrected chi connectivity index (χ0v) is 13.4. The lowest BCUT2D eigenvalue weighted by Crippen LogP contribution is -2.21. The molecule has 0 unspecified atom stereocenters. The van der Waals surface area contributed by atoms with Gasteiger partial charge in [0.05, 0.1) is 10.0 Å². The van der Waals surface area contributed by atoms with E-state index >= 15 is 0 Å². The van der Waals surface area contributed by atoms with Gasteiger partial charge in [-0.1, -0.05) is 23.2 Å². The molecule has 0 spiro atoms. The van der Waals surface area contributed by atoms with Crippen LogP contribution >= 0.6 is 23.2 Å². The van der Waals surface area contributed by atoms with Crippen LogP contribution in [0, 0.1) is 0 Å². The second-order valence-electron chi connectivity index (χ2n) is 4.75. The quantitative estimate of drug-likeness (QED) is 0.851. The van der Waals surface area contributed by atoms with Crippen LogP contribution in [0.3, 0.4) is 0 Å². The van der Waals surface area contributed by atoms with Crippen molar-refractivity contribution in [1.29, 1.82) is 0 Å². The maximum atomic E-state index is 5.99. The minimum absolute atomic E-state index is 0.500. The van der Waals surface area contributed by atoms with Crippen LogP contribution in [0.15, 0.2) is 30.5 Å². The summed E-state index contributed by atoms with van der Waals surface area (Å²) >= 11 is 11.9. The van der Waals surface area contributed by atoms with Crippen molar-refractivity contribution >= 4 is 40.7 Å². The summed E-state index contributed by atoms with van der Waals surface area (Å²) in [5, 5.41) is 7.36. The summed E-state index contributed by atoms with van der Waals surface area (Å²) in [5.74, 6) is 1.28. The van der Waals surface area contributed by atoms with E-state index < -0.39 is 0 Å². The topological polar surface area (TPSA) is 53.1 Å². The molecule has 0 saturated heterocycles. The van der Waals surface area contributed by atoms with Gasteiger partial charge in [0, 0.05) is 25.0 Å². The van der Waals surface area contributed by atoms with Gasteiger partial charge >= 0.3 is 0 Å². The van der Waals surface area contributed by atoms with Crippen LogP contribution in [0.2, 0.25) is 10.0 Å². The van der Waals surface area contributed by atoms with Crippen LogP contribution in [0.25, 0.3) is 0 Å². The zero-order valence-electron chi connectivity index (χ0n) is 11.9. The summed E-state index contributed by atoms with van der Waals surface area (Å²) in [4.78, 5) is 10.7. The molecule has 0 aliphatic rings. The highest BCUT2D eigenvalue weighted by atomic mass is 35.5. The number of aromatic nitrogens is 2. The first-order valence-corrected chi connectivity index (χ1v) is 7.24. The van der Waals surface area contributed by atoms with E-state index in [1.165, 1.54) is 0 Å². The maximum Gasteiger partial charge on any atom is 0.224 e. The van der Waals surface area contributed by atoms with Crippen LogP contribution < -0.4 is 10.6 Å². The van der Waals surface area contributed by atoms with Crippen molar-refractivity contribution in [2.75, 3.05) is 37.8 Å². The number of hydrogen-bond donors (Lipinski definition) is 2. The van der Waals surface area contributed by atoms with Crippen LogP contribution in [-0.2, 0) is 0 Å². The van der Waals surface area contributed by atoms with E-state index in [2.05, 4.69) is 25.5 Å². The fourth-order valence-corrected chi connectivity index (χ4v) is 1.92. The average molecular weight is 326 g/mol. The SMILES string of the molecule is CN(C)CCNc1nccc(Nc2ccc(Cl)c(Cl)c2)n1. The summed E-state index contributed by atoms with van der Waals surface area (Å²) in [6.07, 6.45) is 1.70. The summed E-state index contributed by atoms with van der Waals surface area (Å²) in [5.41, 5.74) is 0.822. The minimum Gasteiger partial charge on any atom is -0.353 e. The van der Waals surface area contributed by atoms with E-state index in [9.17, 15) is 0 Å². The van der Waals surface area contributed by atoms with Gasteiger partial charge in [-0.3, -0.25) is 0 Å². The molecular formula is C14H17Cl2N5. The highest BCUT2D eigenvalue weighted by Crippen LogP contribution is 2.26. The first-order chi connectivity index (χ1) is 10.0. The average Bonchev–Trinajstić information content (AvgIpc) is 2.43. The van der Waals surface area contributed by atoms with Gasteiger partial charge in [0.1, 0.15) is 5.82 Å². The molecule has 0 radical (unpaired) electrons. The van der Waals surface area contributed by atoms with Crippen molar-refractivity contribution in [2.24, 2.45) is 0 Å². The molecule has 0 atom stereocenters. The zero-order chi connectivity index (χ0) is 15.2. The van der Waals surface area contributed by atoms with Crippen LogP contribution in [0.4, 0.5) is 17.5 Å². The lowest BCUT2D eigenvalue weighted by Gasteiger charge is -2.11. The summed E-state index contributed by atoms with van der Waals surface area (Å²) in [6.45, 7) is 1.69. The summed E-state index contributed by atoms with van der Waals surface area (Å²) in [6, 6.07) is 7.13. The highest BCUT2D eigenvalue weighted by Gasteiger charge is 2.02. The number of nitrogens with one attached hydrogen (secondary N) is 2. The predicted molar refractivity (Wildman–Crippen MR) is 88.8 cm³/mol. The predicted octanol–water partition coefficient (Wildman–Crippen LogP) is 3.50. The molecular weight excluding hydrogens is 309 g/mol. The first kappa shape index (κ1) is 15.8. The van der Waals surface area contributed by atoms with Crippen molar-refractivity contribution in [2.45, 2.75) is 0 Å². The van der Waals surface area contributed by atoms with Crippen LogP contribution in [0.1, 0.15) is 0 Å². The molecule has 1 aromatic heterocycles. The van der Waals surface area contributed by atoms with Gasteiger partial charge < -0.3 is 15.5 Å². The molecule has 21 heavy (non-hydrogen) atoms. The number of hydrogen-bond acceptors (Lipinski definition) is 5. The lowest BCUT2D eigenvalue weighted by atomic mass is 10.3. The molecule has 0 aliphatic heterocycles. The van der Waals surface area contributed by atoms with E-state index in [1.807, 2.05) is 20.2 Å². The van der Waals surface area contributed by atoms with Gasteiger partial charge in [0.2, 0.25) is 5.95 Å². The Hall–Kier alpha value is -1.56. The maximum absolute atomic E-state index is 5.99. The first-order valence-electron chi connectivity index (χ1n) is 6.48. The van der Waals surface area contributed by atoms with Crippen molar-refractivity contribution in [3.8, 4) is 0 Å². The standard InChI is InChI=1S/C14H17Cl2N5/c1-21(2)8-7-18-14-17-6-5-13(20-14)19-10-3-4-11(15)12(16)9-10/h3-6,9H,7-8H2,1-2H3,(H2,17,18,19,20). The van der Waals surface area contributed by atoms with Gasteiger partial charge in [0.25, 0.3) is 0 Å². The van der Waals surface area contributed by atoms with E-state index in [0.29, 0.717) is 21.8 Å². The molecule has 1 aromatic carbocycles. The number of halogens is 2. The van der Waals surface area contributed by atoms with E-state index in [1.54, 1.807) is 24.4 Å². The molecule has 1 heterocycles. The fraction of sp³-hybridized carbons (Fsp3) is 0.286. The Kier molecular flexibility index (Phi) is 5.61. The van der Waals surface area contributed by atoms with E-state index in [0.717, 1.165) is 18.8 Å². The van der Waals surface area contributed by atoms with Gasteiger partial charge in [-0.25, -0.2) is 4.98 Å². The highest BCUT2D eigenvalue weighted by molar-refractivity contribution is 6.42. The molecule has 0 aliphatic carbocycles. The Bertz CT molecular complexity index is 604. The molecule has 0 fully saturated rings. The number of likely N-dealkylation sites (N-methyl/N-ethyl adjacent to an activating group) is 1. The molecule has 2 rings (SSSR count). The summed E-state index contributed by atoms with van der Waals surface area (Å²) < 4.78 is 0. The second-order valence-corrected chi connectivity index (χ2v) is 5.56. The molecule has 2 aromatic rings. The van der Waals surface area contributed by atoms with Gasteiger partial charge in [-0.05, 0) is 38.4 Å².